The molecule has 0 bridgehead atoms. The molecule has 174 valence electrons. The molecule has 33 heavy (non-hydrogen) atoms. The number of rotatable bonds is 7. The summed E-state index contributed by atoms with van der Waals surface area (Å²) in [5.41, 5.74) is 1.83. The number of benzene rings is 1. The van der Waals surface area contributed by atoms with Crippen LogP contribution in [0.2, 0.25) is 0 Å². The number of aliphatic hydroxyl groups is 2. The minimum Gasteiger partial charge on any atom is -0.480 e. The molecule has 1 saturated heterocycles. The number of ether oxygens (including phenoxy) is 1. The van der Waals surface area contributed by atoms with Gasteiger partial charge in [-0.3, -0.25) is 4.98 Å². The Balaban J connectivity index is 1.48. The topological polar surface area (TPSA) is 108 Å². The van der Waals surface area contributed by atoms with E-state index in [1.54, 1.807) is 19.5 Å². The quantitative estimate of drug-likeness (QED) is 0.560. The van der Waals surface area contributed by atoms with E-state index in [2.05, 4.69) is 20.9 Å². The van der Waals surface area contributed by atoms with Crippen molar-refractivity contribution >= 4 is 22.4 Å². The van der Waals surface area contributed by atoms with Gasteiger partial charge in [-0.2, -0.15) is 0 Å². The summed E-state index contributed by atoms with van der Waals surface area (Å²) in [4.78, 5) is 22.7. The lowest BCUT2D eigenvalue weighted by Crippen LogP contribution is -2.34. The molecule has 5 rings (SSSR count). The molecule has 2 aromatic heterocycles. The summed E-state index contributed by atoms with van der Waals surface area (Å²) in [7, 11) is 3.59. The second kappa shape index (κ2) is 8.72. The van der Waals surface area contributed by atoms with Crippen LogP contribution in [0.3, 0.4) is 0 Å². The van der Waals surface area contributed by atoms with E-state index in [1.165, 1.54) is 0 Å². The van der Waals surface area contributed by atoms with Crippen molar-refractivity contribution in [2.75, 3.05) is 50.2 Å². The van der Waals surface area contributed by atoms with Gasteiger partial charge in [0.2, 0.25) is 5.88 Å². The van der Waals surface area contributed by atoms with Gasteiger partial charge in [0.15, 0.2) is 5.82 Å². The number of hydrogen-bond donors (Lipinski definition) is 2. The van der Waals surface area contributed by atoms with Crippen molar-refractivity contribution in [1.82, 2.24) is 19.9 Å². The highest BCUT2D eigenvalue weighted by Gasteiger charge is 2.46. The number of likely N-dealkylation sites (N-methyl/N-ethyl adjacent to an activating group) is 1. The fraction of sp³-hybridized carbons (Fsp3) is 0.500. The average molecular weight is 451 g/mol. The highest BCUT2D eigenvalue weighted by atomic mass is 16.5. The van der Waals surface area contributed by atoms with Crippen molar-refractivity contribution in [3.05, 3.63) is 42.1 Å². The third-order valence-electron chi connectivity index (χ3n) is 6.74. The fourth-order valence-corrected chi connectivity index (χ4v) is 4.55. The molecule has 0 atom stereocenters. The van der Waals surface area contributed by atoms with Crippen molar-refractivity contribution in [2.45, 2.75) is 37.2 Å². The van der Waals surface area contributed by atoms with Gasteiger partial charge < -0.3 is 24.7 Å². The van der Waals surface area contributed by atoms with Gasteiger partial charge in [0.05, 0.1) is 19.2 Å². The molecule has 1 saturated carbocycles. The van der Waals surface area contributed by atoms with E-state index >= 15 is 0 Å². The Bertz CT molecular complexity index is 1140. The first-order chi connectivity index (χ1) is 16.0. The summed E-state index contributed by atoms with van der Waals surface area (Å²) in [5.74, 6) is 2.24. The first kappa shape index (κ1) is 21.8. The van der Waals surface area contributed by atoms with Crippen LogP contribution in [-0.4, -0.2) is 70.5 Å². The number of piperidine rings is 1. The van der Waals surface area contributed by atoms with Gasteiger partial charge in [0.25, 0.3) is 0 Å². The van der Waals surface area contributed by atoms with Crippen molar-refractivity contribution in [2.24, 2.45) is 0 Å². The van der Waals surface area contributed by atoms with Gasteiger partial charge in [-0.25, -0.2) is 15.0 Å². The number of aliphatic hydroxyl groups excluding tert-OH is 1. The molecular weight excluding hydrogens is 420 g/mol. The Kier molecular flexibility index (Phi) is 5.76. The normalized spacial score (nSPS) is 17.9. The maximum absolute atomic E-state index is 10.7. The van der Waals surface area contributed by atoms with Gasteiger partial charge in [0, 0.05) is 56.1 Å². The van der Waals surface area contributed by atoms with E-state index in [0.717, 1.165) is 54.0 Å². The number of anilines is 2. The molecule has 1 aliphatic carbocycles. The Labute approximate surface area is 193 Å². The van der Waals surface area contributed by atoms with Gasteiger partial charge in [-0.05, 0) is 43.9 Å². The molecule has 0 radical (unpaired) electrons. The zero-order chi connectivity index (χ0) is 23.0. The number of aromatic nitrogens is 4. The van der Waals surface area contributed by atoms with E-state index in [9.17, 15) is 10.2 Å². The molecular formula is C24H30N6O3. The van der Waals surface area contributed by atoms with Crippen molar-refractivity contribution in [1.29, 1.82) is 0 Å². The van der Waals surface area contributed by atoms with Crippen LogP contribution in [0.1, 0.15) is 43.1 Å². The molecule has 0 spiro atoms. The van der Waals surface area contributed by atoms with Gasteiger partial charge in [0.1, 0.15) is 17.1 Å². The standard InChI is InChI=1S/C24H30N6O3/c1-29(13-14-31)17-3-4-19-18(15-17)21(28-23(27-19)24(32)7-8-24)30-11-5-16(6-12-30)20-22(33-2)26-10-9-25-20/h3-4,9-10,15-16,31-32H,5-8,11-14H2,1-2H3. The van der Waals surface area contributed by atoms with Gasteiger partial charge >= 0.3 is 0 Å². The summed E-state index contributed by atoms with van der Waals surface area (Å²) in [6.07, 6.45) is 6.58. The van der Waals surface area contributed by atoms with Crippen LogP contribution in [0, 0.1) is 0 Å². The molecule has 1 aliphatic heterocycles. The molecule has 0 amide bonds. The Morgan fingerprint density at radius 2 is 1.91 bits per heavy atom. The number of fused-ring (bicyclic) bond motifs is 1. The molecule has 9 nitrogen and oxygen atoms in total. The smallest absolute Gasteiger partial charge is 0.235 e. The lowest BCUT2D eigenvalue weighted by molar-refractivity contribution is 0.141. The molecule has 2 fully saturated rings. The third kappa shape index (κ3) is 4.18. The molecule has 3 heterocycles. The molecule has 9 heteroatoms. The SMILES string of the molecule is COc1nccnc1C1CCN(c2nc(C3(O)CC3)nc3ccc(N(C)CCO)cc23)CC1. The van der Waals surface area contributed by atoms with E-state index in [4.69, 9.17) is 14.7 Å². The van der Waals surface area contributed by atoms with E-state index < -0.39 is 5.60 Å². The highest BCUT2D eigenvalue weighted by molar-refractivity contribution is 5.92. The van der Waals surface area contributed by atoms with Crippen molar-refractivity contribution in [3.8, 4) is 5.88 Å². The van der Waals surface area contributed by atoms with Crippen LogP contribution >= 0.6 is 0 Å². The van der Waals surface area contributed by atoms with Gasteiger partial charge in [-0.15, -0.1) is 0 Å². The summed E-state index contributed by atoms with van der Waals surface area (Å²) in [6.45, 7) is 2.25. The predicted molar refractivity (Wildman–Crippen MR) is 126 cm³/mol. The van der Waals surface area contributed by atoms with E-state index in [1.807, 2.05) is 24.1 Å². The Morgan fingerprint density at radius 1 is 1.15 bits per heavy atom. The third-order valence-corrected chi connectivity index (χ3v) is 6.74. The number of methoxy groups -OCH3 is 1. The molecule has 1 aromatic carbocycles. The van der Waals surface area contributed by atoms with Crippen LogP contribution < -0.4 is 14.5 Å². The number of nitrogens with zero attached hydrogens (tertiary/aromatic N) is 6. The first-order valence-corrected chi connectivity index (χ1v) is 11.5. The molecule has 2 aliphatic rings. The zero-order valence-electron chi connectivity index (χ0n) is 19.1. The summed E-state index contributed by atoms with van der Waals surface area (Å²) in [6, 6.07) is 6.07. The fourth-order valence-electron chi connectivity index (χ4n) is 4.55. The Morgan fingerprint density at radius 3 is 2.61 bits per heavy atom. The summed E-state index contributed by atoms with van der Waals surface area (Å²) < 4.78 is 5.43. The van der Waals surface area contributed by atoms with Crippen LogP contribution in [0.5, 0.6) is 5.88 Å². The second-order valence-corrected chi connectivity index (χ2v) is 8.96. The van der Waals surface area contributed by atoms with Crippen LogP contribution in [-0.2, 0) is 5.60 Å². The monoisotopic (exact) mass is 450 g/mol. The highest BCUT2D eigenvalue weighted by Crippen LogP contribution is 2.45. The van der Waals surface area contributed by atoms with E-state index in [0.29, 0.717) is 31.1 Å². The van der Waals surface area contributed by atoms with Crippen LogP contribution in [0.15, 0.2) is 30.6 Å². The maximum Gasteiger partial charge on any atom is 0.235 e. The molecule has 2 N–H and O–H groups in total. The minimum atomic E-state index is -0.902. The van der Waals surface area contributed by atoms with E-state index in [-0.39, 0.29) is 12.5 Å². The lowest BCUT2D eigenvalue weighted by atomic mass is 9.93. The van der Waals surface area contributed by atoms with Gasteiger partial charge in [-0.1, -0.05) is 0 Å². The van der Waals surface area contributed by atoms with Crippen molar-refractivity contribution in [3.63, 3.8) is 0 Å². The number of hydrogen-bond acceptors (Lipinski definition) is 9. The average Bonchev–Trinajstić information content (AvgIpc) is 3.61. The zero-order valence-corrected chi connectivity index (χ0v) is 19.1. The van der Waals surface area contributed by atoms with Crippen molar-refractivity contribution < 1.29 is 14.9 Å². The molecule has 3 aromatic rings. The second-order valence-electron chi connectivity index (χ2n) is 8.96. The summed E-state index contributed by atoms with van der Waals surface area (Å²) in [5, 5.41) is 21.0. The largest absolute Gasteiger partial charge is 0.480 e. The first-order valence-electron chi connectivity index (χ1n) is 11.5. The predicted octanol–water partition coefficient (Wildman–Crippen LogP) is 2.22. The lowest BCUT2D eigenvalue weighted by Gasteiger charge is -2.33. The van der Waals surface area contributed by atoms with Crippen LogP contribution in [0.4, 0.5) is 11.5 Å². The van der Waals surface area contributed by atoms with Crippen LogP contribution in [0.25, 0.3) is 10.9 Å². The molecule has 0 unspecified atom stereocenters. The summed E-state index contributed by atoms with van der Waals surface area (Å²) >= 11 is 0. The Hall–Kier alpha value is -3.04. The minimum absolute atomic E-state index is 0.0865. The maximum atomic E-state index is 10.7.